The fourth-order valence-corrected chi connectivity index (χ4v) is 2.05. The van der Waals surface area contributed by atoms with Gasteiger partial charge in [-0.15, -0.1) is 0 Å². The van der Waals surface area contributed by atoms with Crippen LogP contribution in [0.25, 0.3) is 0 Å². The molecule has 1 N–H and O–H groups in total. The Labute approximate surface area is 105 Å². The van der Waals surface area contributed by atoms with Gasteiger partial charge in [0.15, 0.2) is 11.6 Å². The van der Waals surface area contributed by atoms with Crippen molar-refractivity contribution in [2.75, 3.05) is 18.6 Å². The van der Waals surface area contributed by atoms with E-state index in [1.165, 1.54) is 6.07 Å². The summed E-state index contributed by atoms with van der Waals surface area (Å²) < 4.78 is 18.8. The average Bonchev–Trinajstić information content (AvgIpc) is 3.11. The summed E-state index contributed by atoms with van der Waals surface area (Å²) in [6.07, 6.45) is 0.612. The van der Waals surface area contributed by atoms with Crippen molar-refractivity contribution in [1.29, 1.82) is 0 Å². The van der Waals surface area contributed by atoms with Crippen molar-refractivity contribution in [3.8, 4) is 5.75 Å². The second-order valence-electron chi connectivity index (χ2n) is 4.41. The molecule has 0 bridgehead atoms. The quantitative estimate of drug-likeness (QED) is 0.873. The Morgan fingerprint density at radius 2 is 2.33 bits per heavy atom. The molecular formula is C13H16FNO3. The first-order valence-electron chi connectivity index (χ1n) is 5.92. The number of nitrogens with zero attached hydrogens (tertiary/aromatic N) is 1. The van der Waals surface area contributed by atoms with Crippen LogP contribution < -0.4 is 9.64 Å². The second-order valence-corrected chi connectivity index (χ2v) is 4.41. The molecule has 0 heterocycles. The van der Waals surface area contributed by atoms with Crippen LogP contribution in [0.1, 0.15) is 13.3 Å². The van der Waals surface area contributed by atoms with E-state index in [9.17, 15) is 9.18 Å². The Balaban J connectivity index is 2.10. The molecule has 0 saturated heterocycles. The monoisotopic (exact) mass is 253 g/mol. The highest BCUT2D eigenvalue weighted by atomic mass is 19.1. The average molecular weight is 253 g/mol. The minimum absolute atomic E-state index is 0.0418. The van der Waals surface area contributed by atoms with Crippen LogP contribution >= 0.6 is 0 Å². The van der Waals surface area contributed by atoms with Gasteiger partial charge in [-0.25, -0.2) is 4.39 Å². The SMILES string of the molecule is CCOc1ccc(N(C)C2CC2C(=O)O)cc1F. The molecular weight excluding hydrogens is 237 g/mol. The molecule has 98 valence electrons. The highest BCUT2D eigenvalue weighted by molar-refractivity contribution is 5.76. The van der Waals surface area contributed by atoms with Gasteiger partial charge in [-0.3, -0.25) is 4.79 Å². The van der Waals surface area contributed by atoms with Crippen molar-refractivity contribution in [1.82, 2.24) is 0 Å². The number of hydrogen-bond donors (Lipinski definition) is 1. The molecule has 1 saturated carbocycles. The van der Waals surface area contributed by atoms with Crippen LogP contribution in [-0.2, 0) is 4.79 Å². The van der Waals surface area contributed by atoms with E-state index in [2.05, 4.69) is 0 Å². The Bertz CT molecular complexity index is 464. The van der Waals surface area contributed by atoms with Gasteiger partial charge in [0.1, 0.15) is 0 Å². The molecule has 2 atom stereocenters. The number of carboxylic acids is 1. The van der Waals surface area contributed by atoms with Gasteiger partial charge in [-0.05, 0) is 25.5 Å². The molecule has 1 aromatic rings. The predicted octanol–water partition coefficient (Wildman–Crippen LogP) is 2.13. The molecule has 1 aliphatic carbocycles. The highest BCUT2D eigenvalue weighted by Crippen LogP contribution is 2.38. The molecule has 0 radical (unpaired) electrons. The number of carbonyl (C=O) groups is 1. The summed E-state index contributed by atoms with van der Waals surface area (Å²) in [4.78, 5) is 12.6. The molecule has 0 aliphatic heterocycles. The van der Waals surface area contributed by atoms with Crippen molar-refractivity contribution < 1.29 is 19.0 Å². The smallest absolute Gasteiger partial charge is 0.308 e. The van der Waals surface area contributed by atoms with E-state index in [4.69, 9.17) is 9.84 Å². The minimum atomic E-state index is -0.793. The van der Waals surface area contributed by atoms with Crippen LogP contribution in [0.15, 0.2) is 18.2 Å². The standard InChI is InChI=1S/C13H16FNO3/c1-3-18-12-5-4-8(6-10(12)14)15(2)11-7-9(11)13(16)17/h4-6,9,11H,3,7H2,1-2H3,(H,16,17). The predicted molar refractivity (Wildman–Crippen MR) is 65.5 cm³/mol. The first-order chi connectivity index (χ1) is 8.54. The van der Waals surface area contributed by atoms with Crippen LogP contribution in [0.5, 0.6) is 5.75 Å². The van der Waals surface area contributed by atoms with Gasteiger partial charge >= 0.3 is 5.97 Å². The largest absolute Gasteiger partial charge is 0.491 e. The maximum atomic E-state index is 13.7. The summed E-state index contributed by atoms with van der Waals surface area (Å²) >= 11 is 0. The summed E-state index contributed by atoms with van der Waals surface area (Å²) in [5.41, 5.74) is 0.671. The molecule has 0 spiro atoms. The third-order valence-electron chi connectivity index (χ3n) is 3.19. The zero-order chi connectivity index (χ0) is 13.3. The lowest BCUT2D eigenvalue weighted by atomic mass is 10.2. The summed E-state index contributed by atoms with van der Waals surface area (Å²) in [5, 5.41) is 8.87. The van der Waals surface area contributed by atoms with Crippen molar-refractivity contribution in [3.63, 3.8) is 0 Å². The van der Waals surface area contributed by atoms with Crippen molar-refractivity contribution in [2.45, 2.75) is 19.4 Å². The normalized spacial score (nSPS) is 21.5. The van der Waals surface area contributed by atoms with Gasteiger partial charge in [0, 0.05) is 24.8 Å². The van der Waals surface area contributed by atoms with E-state index in [-0.39, 0.29) is 17.7 Å². The molecule has 1 aromatic carbocycles. The molecule has 18 heavy (non-hydrogen) atoms. The summed E-state index contributed by atoms with van der Waals surface area (Å²) in [6.45, 7) is 2.21. The van der Waals surface area contributed by atoms with Crippen molar-refractivity contribution in [3.05, 3.63) is 24.0 Å². The third-order valence-corrected chi connectivity index (χ3v) is 3.19. The number of benzene rings is 1. The molecule has 2 unspecified atom stereocenters. The van der Waals surface area contributed by atoms with Crippen LogP contribution in [0.2, 0.25) is 0 Å². The molecule has 4 nitrogen and oxygen atoms in total. The number of ether oxygens (including phenoxy) is 1. The maximum absolute atomic E-state index is 13.7. The van der Waals surface area contributed by atoms with Crippen LogP contribution in [0, 0.1) is 11.7 Å². The Hall–Kier alpha value is -1.78. The van der Waals surface area contributed by atoms with Gasteiger partial charge in [0.2, 0.25) is 0 Å². The topological polar surface area (TPSA) is 49.8 Å². The number of hydrogen-bond acceptors (Lipinski definition) is 3. The Morgan fingerprint density at radius 1 is 1.61 bits per heavy atom. The van der Waals surface area contributed by atoms with E-state index in [1.54, 1.807) is 31.0 Å². The van der Waals surface area contributed by atoms with Gasteiger partial charge < -0.3 is 14.7 Å². The minimum Gasteiger partial charge on any atom is -0.491 e. The van der Waals surface area contributed by atoms with E-state index in [0.717, 1.165) is 0 Å². The number of aliphatic carboxylic acids is 1. The van der Waals surface area contributed by atoms with E-state index >= 15 is 0 Å². The Morgan fingerprint density at radius 3 is 2.83 bits per heavy atom. The lowest BCUT2D eigenvalue weighted by Gasteiger charge is -2.19. The van der Waals surface area contributed by atoms with Gasteiger partial charge in [0.25, 0.3) is 0 Å². The molecule has 1 aliphatic rings. The molecule has 5 heteroatoms. The zero-order valence-corrected chi connectivity index (χ0v) is 10.4. The molecule has 1 fully saturated rings. The molecule has 2 rings (SSSR count). The number of rotatable bonds is 5. The van der Waals surface area contributed by atoms with E-state index in [0.29, 0.717) is 18.7 Å². The maximum Gasteiger partial charge on any atom is 0.308 e. The first kappa shape index (κ1) is 12.7. The molecule has 0 amide bonds. The summed E-state index contributed by atoms with van der Waals surface area (Å²) in [5.74, 6) is -1.34. The van der Waals surface area contributed by atoms with Crippen LogP contribution in [-0.4, -0.2) is 30.8 Å². The lowest BCUT2D eigenvalue weighted by Crippen LogP contribution is -2.23. The highest BCUT2D eigenvalue weighted by Gasteiger charge is 2.46. The van der Waals surface area contributed by atoms with Crippen molar-refractivity contribution in [2.24, 2.45) is 5.92 Å². The fraction of sp³-hybridized carbons (Fsp3) is 0.462. The van der Waals surface area contributed by atoms with Crippen molar-refractivity contribution >= 4 is 11.7 Å². The van der Waals surface area contributed by atoms with Crippen LogP contribution in [0.3, 0.4) is 0 Å². The zero-order valence-electron chi connectivity index (χ0n) is 10.4. The van der Waals surface area contributed by atoms with E-state index < -0.39 is 11.8 Å². The van der Waals surface area contributed by atoms with Gasteiger partial charge in [-0.2, -0.15) is 0 Å². The second kappa shape index (κ2) is 4.84. The molecule has 0 aromatic heterocycles. The van der Waals surface area contributed by atoms with Crippen LogP contribution in [0.4, 0.5) is 10.1 Å². The lowest BCUT2D eigenvalue weighted by molar-refractivity contribution is -0.138. The number of carboxylic acid groups (broad SMARTS) is 1. The fourth-order valence-electron chi connectivity index (χ4n) is 2.05. The first-order valence-corrected chi connectivity index (χ1v) is 5.92. The summed E-state index contributed by atoms with van der Waals surface area (Å²) in [7, 11) is 1.78. The Kier molecular flexibility index (Phi) is 3.41. The van der Waals surface area contributed by atoms with Gasteiger partial charge in [0.05, 0.1) is 12.5 Å². The van der Waals surface area contributed by atoms with E-state index in [1.807, 2.05) is 0 Å². The number of halogens is 1. The third kappa shape index (κ3) is 2.39. The van der Waals surface area contributed by atoms with Gasteiger partial charge in [-0.1, -0.05) is 0 Å². The number of anilines is 1. The summed E-state index contributed by atoms with van der Waals surface area (Å²) in [6, 6.07) is 4.65.